The molecule has 0 amide bonds. The number of aromatic nitrogens is 1. The molecule has 1 aromatic heterocycles. The van der Waals surface area contributed by atoms with Crippen LogP contribution in [0.3, 0.4) is 0 Å². The lowest BCUT2D eigenvalue weighted by molar-refractivity contribution is -0.135. The molecule has 33 heavy (non-hydrogen) atoms. The highest BCUT2D eigenvalue weighted by atomic mass is 16.5. The maximum atomic E-state index is 13.3. The lowest BCUT2D eigenvalue weighted by atomic mass is 9.86. The number of hydrogen-bond donors (Lipinski definition) is 0. The molecule has 0 spiro atoms. The highest BCUT2D eigenvalue weighted by Crippen LogP contribution is 2.42. The molecule has 1 aliphatic rings. The van der Waals surface area contributed by atoms with Gasteiger partial charge in [-0.05, 0) is 35.4 Å². The summed E-state index contributed by atoms with van der Waals surface area (Å²) in [4.78, 5) is 25.9. The summed E-state index contributed by atoms with van der Waals surface area (Å²) < 4.78 is 18.7. The monoisotopic (exact) mass is 441 g/mol. The van der Waals surface area contributed by atoms with Crippen LogP contribution in [-0.2, 0) is 18.4 Å². The van der Waals surface area contributed by atoms with E-state index in [1.807, 2.05) is 72.8 Å². The van der Waals surface area contributed by atoms with Gasteiger partial charge in [0.25, 0.3) is 5.56 Å². The average Bonchev–Trinajstić information content (AvgIpc) is 2.86. The summed E-state index contributed by atoms with van der Waals surface area (Å²) in [6, 6.07) is 22.8. The molecule has 0 saturated carbocycles. The Kier molecular flexibility index (Phi) is 5.34. The quantitative estimate of drug-likeness (QED) is 0.425. The predicted octanol–water partition coefficient (Wildman–Crippen LogP) is 4.57. The van der Waals surface area contributed by atoms with E-state index in [1.54, 1.807) is 18.7 Å². The van der Waals surface area contributed by atoms with Gasteiger partial charge in [0.05, 0.1) is 24.6 Å². The van der Waals surface area contributed by atoms with Crippen LogP contribution in [0.5, 0.6) is 17.2 Å². The number of hydrogen-bond acceptors (Lipinski definition) is 5. The van der Waals surface area contributed by atoms with E-state index < -0.39 is 5.92 Å². The largest absolute Gasteiger partial charge is 0.493 e. The molecule has 5 rings (SSSR count). The fourth-order valence-electron chi connectivity index (χ4n) is 4.37. The maximum Gasteiger partial charge on any atom is 0.312 e. The van der Waals surface area contributed by atoms with Crippen molar-refractivity contribution in [1.29, 1.82) is 0 Å². The molecule has 1 aliphatic heterocycles. The van der Waals surface area contributed by atoms with E-state index in [2.05, 4.69) is 0 Å². The van der Waals surface area contributed by atoms with Crippen molar-refractivity contribution in [1.82, 2.24) is 4.57 Å². The van der Waals surface area contributed by atoms with Crippen molar-refractivity contribution in [2.24, 2.45) is 7.05 Å². The molecule has 0 N–H and O–H groups in total. The molecule has 4 aromatic rings. The first-order chi connectivity index (χ1) is 16.1. The number of benzene rings is 3. The zero-order valence-corrected chi connectivity index (χ0v) is 18.4. The van der Waals surface area contributed by atoms with Gasteiger partial charge in [-0.1, -0.05) is 48.5 Å². The summed E-state index contributed by atoms with van der Waals surface area (Å²) in [7, 11) is 3.31. The summed E-state index contributed by atoms with van der Waals surface area (Å²) in [5.41, 5.74) is 2.87. The number of fused-ring (bicyclic) bond motifs is 3. The van der Waals surface area contributed by atoms with Crippen molar-refractivity contribution in [3.63, 3.8) is 0 Å². The highest BCUT2D eigenvalue weighted by molar-refractivity contribution is 5.91. The van der Waals surface area contributed by atoms with Gasteiger partial charge in [-0.2, -0.15) is 0 Å². The smallest absolute Gasteiger partial charge is 0.312 e. The Morgan fingerprint density at radius 1 is 0.970 bits per heavy atom. The van der Waals surface area contributed by atoms with Crippen LogP contribution in [0.2, 0.25) is 0 Å². The van der Waals surface area contributed by atoms with E-state index in [1.165, 1.54) is 0 Å². The normalized spacial score (nSPS) is 15.1. The third kappa shape index (κ3) is 3.74. The van der Waals surface area contributed by atoms with Crippen LogP contribution >= 0.6 is 0 Å². The van der Waals surface area contributed by atoms with E-state index in [4.69, 9.17) is 14.2 Å². The third-order valence-electron chi connectivity index (χ3n) is 6.05. The first-order valence-electron chi connectivity index (χ1n) is 10.7. The number of pyridine rings is 1. The lowest BCUT2D eigenvalue weighted by Crippen LogP contribution is -2.31. The molecule has 0 fully saturated rings. The average molecular weight is 441 g/mol. The van der Waals surface area contributed by atoms with Gasteiger partial charge in [0.15, 0.2) is 11.5 Å². The van der Waals surface area contributed by atoms with Crippen LogP contribution in [0, 0.1) is 0 Å². The van der Waals surface area contributed by atoms with Gasteiger partial charge >= 0.3 is 5.97 Å². The van der Waals surface area contributed by atoms with Gasteiger partial charge in [-0.3, -0.25) is 9.59 Å². The highest BCUT2D eigenvalue weighted by Gasteiger charge is 2.34. The summed E-state index contributed by atoms with van der Waals surface area (Å²) in [6.07, 6.45) is 0.0773. The number of para-hydroxylation sites is 1. The van der Waals surface area contributed by atoms with Crippen molar-refractivity contribution in [2.45, 2.75) is 18.9 Å². The topological polar surface area (TPSA) is 66.8 Å². The molecule has 166 valence electrons. The Balaban J connectivity index is 1.56. The predicted molar refractivity (Wildman–Crippen MR) is 125 cm³/mol. The van der Waals surface area contributed by atoms with Gasteiger partial charge in [0.2, 0.25) is 0 Å². The molecular formula is C27H23NO5. The van der Waals surface area contributed by atoms with Crippen molar-refractivity contribution in [2.75, 3.05) is 7.11 Å². The summed E-state index contributed by atoms with van der Waals surface area (Å²) in [5.74, 6) is 0.672. The fraction of sp³-hybridized carbons (Fsp3) is 0.185. The van der Waals surface area contributed by atoms with Crippen LogP contribution in [0.1, 0.15) is 29.0 Å². The molecule has 3 aromatic carbocycles. The maximum absolute atomic E-state index is 13.3. The number of carbonyl (C=O) groups excluding carboxylic acids is 1. The van der Waals surface area contributed by atoms with Gasteiger partial charge in [-0.15, -0.1) is 0 Å². The number of ether oxygens (including phenoxy) is 3. The molecule has 6 heteroatoms. The number of esters is 1. The standard InChI is InChI=1S/C27H23NO5/c1-28-21-11-7-6-10-19(21)26-25(27(28)30)20(15-24(29)33-26)18-12-13-22(23(14-18)31-2)32-16-17-8-4-3-5-9-17/h3-14,20H,15-16H2,1-2H3/t20-/m0/s1. The van der Waals surface area contributed by atoms with Crippen LogP contribution in [0.15, 0.2) is 77.6 Å². The molecule has 0 bridgehead atoms. The summed E-state index contributed by atoms with van der Waals surface area (Å²) in [5, 5.41) is 0.738. The number of aryl methyl sites for hydroxylation is 1. The third-order valence-corrected chi connectivity index (χ3v) is 6.05. The van der Waals surface area contributed by atoms with E-state index in [9.17, 15) is 9.59 Å². The van der Waals surface area contributed by atoms with E-state index in [0.29, 0.717) is 29.4 Å². The van der Waals surface area contributed by atoms with Gasteiger partial charge in [-0.25, -0.2) is 0 Å². The van der Waals surface area contributed by atoms with Crippen LogP contribution in [0.4, 0.5) is 0 Å². The van der Waals surface area contributed by atoms with Gasteiger partial charge in [0, 0.05) is 18.4 Å². The Labute approximate surface area is 191 Å². The van der Waals surface area contributed by atoms with E-state index in [-0.39, 0.29) is 17.9 Å². The van der Waals surface area contributed by atoms with Crippen molar-refractivity contribution < 1.29 is 19.0 Å². The molecule has 0 aliphatic carbocycles. The second kappa shape index (κ2) is 8.47. The molecular weight excluding hydrogens is 418 g/mol. The zero-order chi connectivity index (χ0) is 22.9. The Morgan fingerprint density at radius 2 is 1.73 bits per heavy atom. The number of methoxy groups -OCH3 is 1. The Hall–Kier alpha value is -4.06. The minimum Gasteiger partial charge on any atom is -0.493 e. The molecule has 2 heterocycles. The van der Waals surface area contributed by atoms with Gasteiger partial charge < -0.3 is 18.8 Å². The molecule has 0 unspecified atom stereocenters. The molecule has 1 atom stereocenters. The molecule has 0 saturated heterocycles. The fourth-order valence-corrected chi connectivity index (χ4v) is 4.37. The number of rotatable bonds is 5. The first kappa shape index (κ1) is 20.8. The Morgan fingerprint density at radius 3 is 2.52 bits per heavy atom. The first-order valence-corrected chi connectivity index (χ1v) is 10.7. The van der Waals surface area contributed by atoms with Crippen molar-refractivity contribution in [3.8, 4) is 17.2 Å². The zero-order valence-electron chi connectivity index (χ0n) is 18.4. The Bertz CT molecular complexity index is 1410. The second-order valence-electron chi connectivity index (χ2n) is 8.04. The second-order valence-corrected chi connectivity index (χ2v) is 8.04. The SMILES string of the molecule is COc1cc([C@@H]2CC(=O)Oc3c2c(=O)n(C)c2ccccc32)ccc1OCc1ccccc1. The van der Waals surface area contributed by atoms with Gasteiger partial charge in [0.1, 0.15) is 12.4 Å². The lowest BCUT2D eigenvalue weighted by Gasteiger charge is -2.26. The summed E-state index contributed by atoms with van der Waals surface area (Å²) >= 11 is 0. The minimum absolute atomic E-state index is 0.0773. The molecule has 0 radical (unpaired) electrons. The molecule has 6 nitrogen and oxygen atoms in total. The number of nitrogens with zero attached hydrogens (tertiary/aromatic N) is 1. The summed E-state index contributed by atoms with van der Waals surface area (Å²) in [6.45, 7) is 0.404. The van der Waals surface area contributed by atoms with E-state index in [0.717, 1.165) is 22.0 Å². The van der Waals surface area contributed by atoms with E-state index >= 15 is 0 Å². The minimum atomic E-state index is -0.443. The van der Waals surface area contributed by atoms with Crippen molar-refractivity contribution in [3.05, 3.63) is 99.8 Å². The van der Waals surface area contributed by atoms with Crippen LogP contribution in [0.25, 0.3) is 10.9 Å². The van der Waals surface area contributed by atoms with Crippen molar-refractivity contribution >= 4 is 16.9 Å². The van der Waals surface area contributed by atoms with Crippen LogP contribution in [-0.4, -0.2) is 17.6 Å². The van der Waals surface area contributed by atoms with Crippen LogP contribution < -0.4 is 19.8 Å². The number of carbonyl (C=O) groups is 1.